The predicted octanol–water partition coefficient (Wildman–Crippen LogP) is 2.29. The molecule has 6 heteroatoms. The van der Waals surface area contributed by atoms with Crippen molar-refractivity contribution in [2.75, 3.05) is 0 Å². The Kier molecular flexibility index (Phi) is 3.33. The number of hydrogen-bond acceptors (Lipinski definition) is 3. The van der Waals surface area contributed by atoms with Gasteiger partial charge >= 0.3 is 5.97 Å². The van der Waals surface area contributed by atoms with Crippen molar-refractivity contribution >= 4 is 11.8 Å². The molecule has 2 aromatic rings. The normalized spacial score (nSPS) is 10.2. The number of carbonyl (C=O) groups is 2. The number of aromatic nitrogens is 1. The monoisotopic (exact) mass is 263 g/mol. The molecular weight excluding hydrogens is 256 g/mol. The Balaban J connectivity index is 2.50. The summed E-state index contributed by atoms with van der Waals surface area (Å²) in [6, 6.07) is 5.15. The molecule has 0 radical (unpaired) electrons. The van der Waals surface area contributed by atoms with Crippen molar-refractivity contribution in [3.63, 3.8) is 0 Å². The van der Waals surface area contributed by atoms with Crippen LogP contribution in [0, 0.1) is 11.6 Å². The maximum Gasteiger partial charge on any atom is 0.338 e. The van der Waals surface area contributed by atoms with Crippen LogP contribution in [0.4, 0.5) is 8.78 Å². The summed E-state index contributed by atoms with van der Waals surface area (Å²) in [4.78, 5) is 26.7. The zero-order valence-corrected chi connectivity index (χ0v) is 9.43. The van der Waals surface area contributed by atoms with E-state index in [-0.39, 0.29) is 16.8 Å². The second-order valence-corrected chi connectivity index (χ2v) is 3.66. The minimum absolute atomic E-state index is 0.167. The first kappa shape index (κ1) is 12.8. The molecule has 0 saturated heterocycles. The lowest BCUT2D eigenvalue weighted by atomic mass is 10.0. The van der Waals surface area contributed by atoms with E-state index < -0.39 is 23.4 Å². The molecule has 0 aliphatic rings. The van der Waals surface area contributed by atoms with E-state index in [1.165, 1.54) is 18.3 Å². The van der Waals surface area contributed by atoms with E-state index in [2.05, 4.69) is 4.98 Å². The fraction of sp³-hybridized carbons (Fsp3) is 0. The van der Waals surface area contributed by atoms with Gasteiger partial charge in [0.05, 0.1) is 5.56 Å². The molecule has 0 fully saturated rings. The van der Waals surface area contributed by atoms with E-state index in [4.69, 9.17) is 5.11 Å². The number of ketones is 1. The lowest BCUT2D eigenvalue weighted by Gasteiger charge is -2.04. The summed E-state index contributed by atoms with van der Waals surface area (Å²) in [5, 5.41) is 8.93. The molecule has 0 atom stereocenters. The van der Waals surface area contributed by atoms with Gasteiger partial charge in [-0.3, -0.25) is 9.78 Å². The van der Waals surface area contributed by atoms with Crippen LogP contribution in [0.25, 0.3) is 0 Å². The Morgan fingerprint density at radius 1 is 1.11 bits per heavy atom. The number of rotatable bonds is 3. The summed E-state index contributed by atoms with van der Waals surface area (Å²) >= 11 is 0. The first-order valence-electron chi connectivity index (χ1n) is 5.19. The second-order valence-electron chi connectivity index (χ2n) is 3.66. The number of carboxylic acids is 1. The number of carbonyl (C=O) groups excluding carboxylic acids is 1. The van der Waals surface area contributed by atoms with Crippen molar-refractivity contribution in [3.8, 4) is 0 Å². The van der Waals surface area contributed by atoms with Crippen molar-refractivity contribution < 1.29 is 23.5 Å². The zero-order valence-electron chi connectivity index (χ0n) is 9.43. The Morgan fingerprint density at radius 2 is 1.84 bits per heavy atom. The topological polar surface area (TPSA) is 67.3 Å². The van der Waals surface area contributed by atoms with Gasteiger partial charge in [-0.2, -0.15) is 0 Å². The quantitative estimate of drug-likeness (QED) is 0.863. The van der Waals surface area contributed by atoms with Gasteiger partial charge in [0.25, 0.3) is 0 Å². The Morgan fingerprint density at radius 3 is 2.47 bits per heavy atom. The van der Waals surface area contributed by atoms with Crippen molar-refractivity contribution in [1.82, 2.24) is 4.98 Å². The van der Waals surface area contributed by atoms with Crippen LogP contribution >= 0.6 is 0 Å². The highest BCUT2D eigenvalue weighted by molar-refractivity contribution is 6.12. The number of halogens is 2. The number of hydrogen-bond donors (Lipinski definition) is 1. The lowest BCUT2D eigenvalue weighted by molar-refractivity contribution is 0.0692. The molecule has 0 unspecified atom stereocenters. The van der Waals surface area contributed by atoms with Crippen LogP contribution in [0.5, 0.6) is 0 Å². The fourth-order valence-electron chi connectivity index (χ4n) is 1.53. The zero-order chi connectivity index (χ0) is 14.0. The Hall–Kier alpha value is -2.63. The highest BCUT2D eigenvalue weighted by Gasteiger charge is 2.20. The summed E-state index contributed by atoms with van der Waals surface area (Å²) in [5.74, 6) is -4.37. The van der Waals surface area contributed by atoms with Crippen LogP contribution in [0.15, 0.2) is 36.5 Å². The number of nitrogens with zero attached hydrogens (tertiary/aromatic N) is 1. The van der Waals surface area contributed by atoms with E-state index in [0.717, 1.165) is 12.1 Å². The average molecular weight is 263 g/mol. The van der Waals surface area contributed by atoms with Crippen molar-refractivity contribution in [2.24, 2.45) is 0 Å². The molecule has 19 heavy (non-hydrogen) atoms. The number of aromatic carboxylic acids is 1. The third-order valence-corrected chi connectivity index (χ3v) is 2.43. The predicted molar refractivity (Wildman–Crippen MR) is 61.0 cm³/mol. The minimum Gasteiger partial charge on any atom is -0.478 e. The SMILES string of the molecule is O=C(O)c1cccnc1C(=O)c1ccc(F)c(F)c1. The van der Waals surface area contributed by atoms with Gasteiger partial charge in [-0.25, -0.2) is 13.6 Å². The van der Waals surface area contributed by atoms with E-state index in [9.17, 15) is 18.4 Å². The van der Waals surface area contributed by atoms with Crippen LogP contribution in [0.2, 0.25) is 0 Å². The molecule has 96 valence electrons. The van der Waals surface area contributed by atoms with Crippen LogP contribution in [-0.2, 0) is 0 Å². The van der Waals surface area contributed by atoms with Crippen molar-refractivity contribution in [2.45, 2.75) is 0 Å². The third kappa shape index (κ3) is 2.47. The fourth-order valence-corrected chi connectivity index (χ4v) is 1.53. The summed E-state index contributed by atoms with van der Waals surface area (Å²) < 4.78 is 25.8. The van der Waals surface area contributed by atoms with Crippen molar-refractivity contribution in [1.29, 1.82) is 0 Å². The van der Waals surface area contributed by atoms with Crippen LogP contribution < -0.4 is 0 Å². The Labute approximate surface area is 106 Å². The van der Waals surface area contributed by atoms with Gasteiger partial charge in [-0.05, 0) is 30.3 Å². The second kappa shape index (κ2) is 4.93. The molecule has 0 aliphatic carbocycles. The number of carboxylic acid groups (broad SMARTS) is 1. The summed E-state index contributed by atoms with van der Waals surface area (Å²) in [6.07, 6.45) is 1.25. The average Bonchev–Trinajstić information content (AvgIpc) is 2.41. The standard InChI is InChI=1S/C13H7F2NO3/c14-9-4-3-7(6-10(9)15)12(17)11-8(13(18)19)2-1-5-16-11/h1-6H,(H,18,19). The molecule has 4 nitrogen and oxygen atoms in total. The summed E-state index contributed by atoms with van der Waals surface area (Å²) in [6.45, 7) is 0. The van der Waals surface area contributed by atoms with Crippen LogP contribution in [0.1, 0.15) is 26.4 Å². The molecule has 1 N–H and O–H groups in total. The van der Waals surface area contributed by atoms with Gasteiger partial charge in [0.15, 0.2) is 11.6 Å². The van der Waals surface area contributed by atoms with Gasteiger partial charge < -0.3 is 5.11 Å². The van der Waals surface area contributed by atoms with Gasteiger partial charge in [-0.15, -0.1) is 0 Å². The molecule has 2 rings (SSSR count). The molecule has 0 amide bonds. The Bertz CT molecular complexity index is 671. The first-order valence-corrected chi connectivity index (χ1v) is 5.19. The third-order valence-electron chi connectivity index (χ3n) is 2.43. The number of pyridine rings is 1. The van der Waals surface area contributed by atoms with Gasteiger partial charge in [0.1, 0.15) is 5.69 Å². The minimum atomic E-state index is -1.32. The smallest absolute Gasteiger partial charge is 0.338 e. The van der Waals surface area contributed by atoms with Crippen molar-refractivity contribution in [3.05, 3.63) is 65.0 Å². The van der Waals surface area contributed by atoms with E-state index in [1.807, 2.05) is 0 Å². The molecule has 1 heterocycles. The maximum atomic E-state index is 13.1. The summed E-state index contributed by atoms with van der Waals surface area (Å²) in [5.41, 5.74) is -0.779. The van der Waals surface area contributed by atoms with Crippen LogP contribution in [-0.4, -0.2) is 21.8 Å². The molecular formula is C13H7F2NO3. The molecule has 0 bridgehead atoms. The molecule has 0 spiro atoms. The van der Waals surface area contributed by atoms with Gasteiger partial charge in [0.2, 0.25) is 5.78 Å². The van der Waals surface area contributed by atoms with Gasteiger partial charge in [-0.1, -0.05) is 0 Å². The highest BCUT2D eigenvalue weighted by Crippen LogP contribution is 2.15. The van der Waals surface area contributed by atoms with Gasteiger partial charge in [0, 0.05) is 11.8 Å². The summed E-state index contributed by atoms with van der Waals surface area (Å²) in [7, 11) is 0. The molecule has 1 aromatic heterocycles. The lowest BCUT2D eigenvalue weighted by Crippen LogP contribution is -2.12. The van der Waals surface area contributed by atoms with Crippen LogP contribution in [0.3, 0.4) is 0 Å². The molecule has 0 aliphatic heterocycles. The van der Waals surface area contributed by atoms with E-state index in [1.54, 1.807) is 0 Å². The van der Waals surface area contributed by atoms with E-state index in [0.29, 0.717) is 6.07 Å². The molecule has 1 aromatic carbocycles. The van der Waals surface area contributed by atoms with E-state index >= 15 is 0 Å². The number of benzene rings is 1. The highest BCUT2D eigenvalue weighted by atomic mass is 19.2. The maximum absolute atomic E-state index is 13.1. The first-order chi connectivity index (χ1) is 9.00. The largest absolute Gasteiger partial charge is 0.478 e. The molecule has 0 saturated carbocycles.